The molecule has 0 aromatic carbocycles. The average molecular weight is 355 g/mol. The minimum atomic E-state index is 0. The van der Waals surface area contributed by atoms with Gasteiger partial charge in [0, 0.05) is 21.1 Å². The summed E-state index contributed by atoms with van der Waals surface area (Å²) < 4.78 is 0. The second-order valence-corrected chi connectivity index (χ2v) is 0. The Labute approximate surface area is 74.4 Å². The molecule has 0 aliphatic carbocycles. The van der Waals surface area contributed by atoms with Crippen molar-refractivity contribution in [2.75, 3.05) is 0 Å². The van der Waals surface area contributed by atoms with E-state index < -0.39 is 0 Å². The second-order valence-electron chi connectivity index (χ2n) is 0. The van der Waals surface area contributed by atoms with Crippen LogP contribution in [0.2, 0.25) is 0 Å². The van der Waals surface area contributed by atoms with Gasteiger partial charge in [-0.15, -0.1) is 0 Å². The van der Waals surface area contributed by atoms with Crippen LogP contribution in [0.25, 0.3) is 0 Å². The molecule has 46 valence electrons. The fourth-order valence-electron chi connectivity index (χ4n) is 0. The molecule has 7 heavy (non-hydrogen) atoms. The Morgan fingerprint density at radius 3 is 0.429 bits per heavy atom. The van der Waals surface area contributed by atoms with Gasteiger partial charge in [0.25, 0.3) is 0 Å². The van der Waals surface area contributed by atoms with Gasteiger partial charge in [-0.3, -0.25) is 0 Å². The van der Waals surface area contributed by atoms with Crippen LogP contribution in [-0.4, -0.2) is 0 Å². The number of rotatable bonds is 0. The topological polar surface area (TPSA) is 142 Å². The summed E-state index contributed by atoms with van der Waals surface area (Å²) in [6.07, 6.45) is 0. The van der Waals surface area contributed by atoms with Gasteiger partial charge in [-0.1, -0.05) is 0 Å². The average Bonchev–Trinajstić information content (AvgIpc) is 0. The van der Waals surface area contributed by atoms with Gasteiger partial charge in [0.2, 0.25) is 0 Å². The van der Waals surface area contributed by atoms with E-state index in [1.165, 1.54) is 0 Å². The first-order valence-electron chi connectivity index (χ1n) is 0. The molecule has 0 aliphatic heterocycles. The fourth-order valence-corrected chi connectivity index (χ4v) is 0. The van der Waals surface area contributed by atoms with Gasteiger partial charge in [0.05, 0.1) is 0 Å². The van der Waals surface area contributed by atoms with E-state index in [9.17, 15) is 0 Å². The van der Waals surface area contributed by atoms with Crippen molar-refractivity contribution in [2.45, 2.75) is 0 Å². The predicted octanol–water partition coefficient (Wildman–Crippen LogP) is -0.599. The molecule has 5 nitrogen and oxygen atoms in total. The van der Waals surface area contributed by atoms with Gasteiger partial charge in [-0.05, 0) is 0 Å². The molecule has 0 saturated carbocycles. The van der Waals surface area contributed by atoms with E-state index in [2.05, 4.69) is 0 Å². The van der Waals surface area contributed by atoms with Crippen molar-refractivity contribution in [1.29, 1.82) is 0 Å². The molecule has 7 heteroatoms. The van der Waals surface area contributed by atoms with E-state index in [1.807, 2.05) is 0 Å². The van der Waals surface area contributed by atoms with E-state index in [0.717, 1.165) is 0 Å². The van der Waals surface area contributed by atoms with Crippen LogP contribution < -0.4 is 0 Å². The summed E-state index contributed by atoms with van der Waals surface area (Å²) >= 11 is 0. The third-order valence-corrected chi connectivity index (χ3v) is 0. The summed E-state index contributed by atoms with van der Waals surface area (Å²) in [5.74, 6) is 0. The predicted molar refractivity (Wildman–Crippen MR) is 3.43 cm³/mol. The van der Waals surface area contributed by atoms with Crippen LogP contribution in [0.5, 0.6) is 0 Å². The van der Waals surface area contributed by atoms with Gasteiger partial charge < -0.3 is 27.4 Å². The van der Waals surface area contributed by atoms with Crippen LogP contribution in [0.3, 0.4) is 0 Å². The van der Waals surface area contributed by atoms with Crippen molar-refractivity contribution >= 4 is 0 Å². The summed E-state index contributed by atoms with van der Waals surface area (Å²) in [7, 11) is 0. The summed E-state index contributed by atoms with van der Waals surface area (Å²) in [5.41, 5.74) is 0. The molecular weight excluding hydrogens is 355 g/mol. The van der Waals surface area contributed by atoms with E-state index in [1.54, 1.807) is 0 Å². The molecular formula is O5WZr-6. The molecule has 0 unspecified atom stereocenters. The molecule has 0 aromatic rings. The van der Waals surface area contributed by atoms with E-state index >= 15 is 0 Å². The zero-order valence-electron chi connectivity index (χ0n) is 2.95. The van der Waals surface area contributed by atoms with Crippen molar-refractivity contribution in [3.05, 3.63) is 0 Å². The van der Waals surface area contributed by atoms with Crippen LogP contribution in [0.4, 0.5) is 0 Å². The maximum Gasteiger partial charge on any atom is 4.00 e. The summed E-state index contributed by atoms with van der Waals surface area (Å²) in [6, 6.07) is 0. The Balaban J connectivity index is 0. The second kappa shape index (κ2) is 159. The normalized spacial score (nSPS) is 0. The molecule has 0 atom stereocenters. The SMILES string of the molecule is [O-2].[O-2].[O-2].[O-2].[O-2].[W].[Zr+4]. The van der Waals surface area contributed by atoms with E-state index in [-0.39, 0.29) is 74.6 Å². The first-order chi connectivity index (χ1) is 0. The first-order valence-corrected chi connectivity index (χ1v) is 0. The number of hydrogen-bond acceptors (Lipinski definition) is 0. The van der Waals surface area contributed by atoms with Crippen LogP contribution in [0.1, 0.15) is 0 Å². The van der Waals surface area contributed by atoms with Crippen LogP contribution >= 0.6 is 0 Å². The summed E-state index contributed by atoms with van der Waals surface area (Å²) in [6.45, 7) is 0. The standard InChI is InChI=1S/5O.W.Zr/q5*-2;;+4. The minimum Gasteiger partial charge on any atom is -2.00 e. The zero-order chi connectivity index (χ0) is 0. The smallest absolute Gasteiger partial charge is 2.00 e. The van der Waals surface area contributed by atoms with Crippen molar-refractivity contribution < 1.29 is 74.6 Å². The molecule has 0 spiro atoms. The Bertz CT molecular complexity index is 8.04. The molecule has 0 saturated heterocycles. The third-order valence-electron chi connectivity index (χ3n) is 0. The van der Waals surface area contributed by atoms with Gasteiger partial charge in [-0.2, -0.15) is 0 Å². The Kier molecular flexibility index (Phi) is 5500. The van der Waals surface area contributed by atoms with Crippen LogP contribution in [0.15, 0.2) is 0 Å². The third kappa shape index (κ3) is 113. The number of hydrogen-bond donors (Lipinski definition) is 0. The molecule has 0 aromatic heterocycles. The van der Waals surface area contributed by atoms with Gasteiger partial charge >= 0.3 is 26.2 Å². The molecule has 0 rings (SSSR count). The minimum absolute atomic E-state index is 0. The maximum absolute atomic E-state index is 0. The van der Waals surface area contributed by atoms with Gasteiger partial charge in [0.1, 0.15) is 0 Å². The van der Waals surface area contributed by atoms with Crippen molar-refractivity contribution in [3.8, 4) is 0 Å². The molecule has 0 amide bonds. The molecule has 0 fully saturated rings. The van der Waals surface area contributed by atoms with Crippen LogP contribution in [0, 0.1) is 0 Å². The monoisotopic (exact) mass is 354 g/mol. The largest absolute Gasteiger partial charge is 4.00 e. The Morgan fingerprint density at radius 1 is 0.429 bits per heavy atom. The summed E-state index contributed by atoms with van der Waals surface area (Å²) in [5, 5.41) is 0. The van der Waals surface area contributed by atoms with Crippen molar-refractivity contribution in [2.24, 2.45) is 0 Å². The van der Waals surface area contributed by atoms with Gasteiger partial charge in [-0.25, -0.2) is 0 Å². The maximum atomic E-state index is 0. The fraction of sp³-hybridized carbons (Fsp3) is 0. The van der Waals surface area contributed by atoms with Gasteiger partial charge in [0.15, 0.2) is 0 Å². The Morgan fingerprint density at radius 2 is 0.429 bits per heavy atom. The van der Waals surface area contributed by atoms with Crippen LogP contribution in [-0.2, 0) is 74.6 Å². The molecule has 0 radical (unpaired) electrons. The molecule has 0 bridgehead atoms. The zero-order valence-corrected chi connectivity index (χ0v) is 8.34. The molecule has 0 N–H and O–H groups in total. The first kappa shape index (κ1) is 242. The van der Waals surface area contributed by atoms with E-state index in [0.29, 0.717) is 0 Å². The van der Waals surface area contributed by atoms with Crippen molar-refractivity contribution in [1.82, 2.24) is 0 Å². The molecule has 0 aliphatic rings. The summed E-state index contributed by atoms with van der Waals surface area (Å²) in [4.78, 5) is 0. The molecule has 0 heterocycles. The quantitative estimate of drug-likeness (QED) is 0.547. The Hall–Kier alpha value is 1.37. The van der Waals surface area contributed by atoms with Crippen molar-refractivity contribution in [3.63, 3.8) is 0 Å². The van der Waals surface area contributed by atoms with E-state index in [4.69, 9.17) is 0 Å².